The molecule has 8 heavy (non-hydrogen) atoms. The van der Waals surface area contributed by atoms with E-state index in [2.05, 4.69) is 4.84 Å². The number of carbonyl (C=O) groups is 1. The normalized spacial score (nSPS) is 11.4. The molecule has 1 amide bonds. The molecule has 0 saturated carbocycles. The van der Waals surface area contributed by atoms with Gasteiger partial charge in [-0.3, -0.25) is 9.63 Å². The SMILES string of the molecule is CC(C)(ON)C(N)=O. The van der Waals surface area contributed by atoms with Gasteiger partial charge in [0.15, 0.2) is 5.60 Å². The molecule has 0 aliphatic rings. The van der Waals surface area contributed by atoms with Crippen LogP contribution in [0.5, 0.6) is 0 Å². The van der Waals surface area contributed by atoms with Crippen molar-refractivity contribution in [1.82, 2.24) is 0 Å². The van der Waals surface area contributed by atoms with Crippen molar-refractivity contribution in [3.8, 4) is 0 Å². The summed E-state index contributed by atoms with van der Waals surface area (Å²) >= 11 is 0. The average Bonchev–Trinajstić information content (AvgIpc) is 1.67. The molecule has 4 heteroatoms. The van der Waals surface area contributed by atoms with Crippen LogP contribution in [-0.4, -0.2) is 11.5 Å². The summed E-state index contributed by atoms with van der Waals surface area (Å²) < 4.78 is 0. The summed E-state index contributed by atoms with van der Waals surface area (Å²) in [5.41, 5.74) is 3.80. The summed E-state index contributed by atoms with van der Waals surface area (Å²) in [5.74, 6) is 4.14. The second kappa shape index (κ2) is 2.11. The lowest BCUT2D eigenvalue weighted by molar-refractivity contribution is -0.139. The fourth-order valence-electron chi connectivity index (χ4n) is 0.0581. The van der Waals surface area contributed by atoms with Crippen molar-refractivity contribution in [1.29, 1.82) is 0 Å². The fourth-order valence-corrected chi connectivity index (χ4v) is 0.0581. The highest BCUT2D eigenvalue weighted by Crippen LogP contribution is 2.02. The number of amides is 1. The van der Waals surface area contributed by atoms with E-state index in [0.29, 0.717) is 0 Å². The van der Waals surface area contributed by atoms with Gasteiger partial charge in [0.2, 0.25) is 0 Å². The number of primary amides is 1. The predicted molar refractivity (Wildman–Crippen MR) is 28.5 cm³/mol. The Labute approximate surface area is 47.7 Å². The topological polar surface area (TPSA) is 78.3 Å². The van der Waals surface area contributed by atoms with Crippen LogP contribution >= 0.6 is 0 Å². The van der Waals surface area contributed by atoms with E-state index in [-0.39, 0.29) is 0 Å². The predicted octanol–water partition coefficient (Wildman–Crippen LogP) is -0.859. The van der Waals surface area contributed by atoms with E-state index in [1.807, 2.05) is 0 Å². The average molecular weight is 118 g/mol. The van der Waals surface area contributed by atoms with Gasteiger partial charge in [0.1, 0.15) is 0 Å². The summed E-state index contributed by atoms with van der Waals surface area (Å²) in [5, 5.41) is 0. The number of nitrogens with two attached hydrogens (primary N) is 2. The van der Waals surface area contributed by atoms with Gasteiger partial charge in [-0.25, -0.2) is 5.90 Å². The van der Waals surface area contributed by atoms with Gasteiger partial charge in [0.05, 0.1) is 0 Å². The summed E-state index contributed by atoms with van der Waals surface area (Å²) in [6.07, 6.45) is 0. The number of rotatable bonds is 2. The van der Waals surface area contributed by atoms with Crippen LogP contribution in [0.1, 0.15) is 13.8 Å². The zero-order valence-electron chi connectivity index (χ0n) is 4.97. The van der Waals surface area contributed by atoms with E-state index in [1.165, 1.54) is 13.8 Å². The Kier molecular flexibility index (Phi) is 1.94. The summed E-state index contributed by atoms with van der Waals surface area (Å²) in [6.45, 7) is 2.99. The fraction of sp³-hybridized carbons (Fsp3) is 0.750. The monoisotopic (exact) mass is 118 g/mol. The van der Waals surface area contributed by atoms with Crippen molar-refractivity contribution in [3.05, 3.63) is 0 Å². The molecule has 0 unspecified atom stereocenters. The van der Waals surface area contributed by atoms with Crippen molar-refractivity contribution in [2.45, 2.75) is 19.4 Å². The van der Waals surface area contributed by atoms with Gasteiger partial charge in [0.25, 0.3) is 5.91 Å². The number of hydrogen-bond acceptors (Lipinski definition) is 3. The molecule has 0 rings (SSSR count). The second-order valence-electron chi connectivity index (χ2n) is 1.99. The molecule has 48 valence electrons. The van der Waals surface area contributed by atoms with Gasteiger partial charge in [-0.1, -0.05) is 0 Å². The molecule has 4 N–H and O–H groups in total. The smallest absolute Gasteiger partial charge is 0.251 e. The maximum Gasteiger partial charge on any atom is 0.251 e. The minimum Gasteiger partial charge on any atom is -0.367 e. The minimum absolute atomic E-state index is 0.569. The highest BCUT2D eigenvalue weighted by molar-refractivity contribution is 5.82. The van der Waals surface area contributed by atoms with E-state index in [1.54, 1.807) is 0 Å². The third-order valence-corrected chi connectivity index (χ3v) is 0.888. The Bertz CT molecular complexity index is 100. The Balaban J connectivity index is 3.91. The van der Waals surface area contributed by atoms with Crippen molar-refractivity contribution >= 4 is 5.91 Å². The highest BCUT2D eigenvalue weighted by atomic mass is 16.6. The van der Waals surface area contributed by atoms with Gasteiger partial charge < -0.3 is 5.73 Å². The minimum atomic E-state index is -1.04. The highest BCUT2D eigenvalue weighted by Gasteiger charge is 2.24. The maximum absolute atomic E-state index is 10.3. The molecule has 0 bridgehead atoms. The van der Waals surface area contributed by atoms with Crippen molar-refractivity contribution in [3.63, 3.8) is 0 Å². The van der Waals surface area contributed by atoms with Crippen molar-refractivity contribution in [2.24, 2.45) is 11.6 Å². The van der Waals surface area contributed by atoms with Crippen molar-refractivity contribution < 1.29 is 9.63 Å². The Morgan fingerprint density at radius 2 is 2.00 bits per heavy atom. The van der Waals surface area contributed by atoms with E-state index >= 15 is 0 Å². The molecular formula is C4H10N2O2. The first-order valence-corrected chi connectivity index (χ1v) is 2.18. The zero-order chi connectivity index (χ0) is 6.78. The quantitative estimate of drug-likeness (QED) is 0.463. The Morgan fingerprint density at radius 3 is 2.00 bits per heavy atom. The molecule has 0 atom stereocenters. The zero-order valence-corrected chi connectivity index (χ0v) is 4.97. The van der Waals surface area contributed by atoms with Gasteiger partial charge >= 0.3 is 0 Å². The van der Waals surface area contributed by atoms with Gasteiger partial charge in [-0.15, -0.1) is 0 Å². The lowest BCUT2D eigenvalue weighted by Gasteiger charge is -2.15. The van der Waals surface area contributed by atoms with Crippen LogP contribution in [0.3, 0.4) is 0 Å². The molecule has 0 radical (unpaired) electrons. The maximum atomic E-state index is 10.3. The molecule has 0 saturated heterocycles. The first kappa shape index (κ1) is 7.39. The lowest BCUT2D eigenvalue weighted by Crippen LogP contribution is -2.42. The third kappa shape index (κ3) is 1.48. The summed E-state index contributed by atoms with van der Waals surface area (Å²) in [6, 6.07) is 0. The largest absolute Gasteiger partial charge is 0.367 e. The van der Waals surface area contributed by atoms with E-state index < -0.39 is 11.5 Å². The molecule has 0 aromatic heterocycles. The van der Waals surface area contributed by atoms with E-state index in [0.717, 1.165) is 0 Å². The van der Waals surface area contributed by atoms with Gasteiger partial charge in [-0.05, 0) is 13.8 Å². The molecule has 4 nitrogen and oxygen atoms in total. The Hall–Kier alpha value is -0.610. The molecular weight excluding hydrogens is 108 g/mol. The number of carbonyl (C=O) groups excluding carboxylic acids is 1. The van der Waals surface area contributed by atoms with E-state index in [4.69, 9.17) is 11.6 Å². The van der Waals surface area contributed by atoms with Crippen LogP contribution < -0.4 is 11.6 Å². The number of hydrogen-bond donors (Lipinski definition) is 2. The van der Waals surface area contributed by atoms with Crippen LogP contribution in [-0.2, 0) is 9.63 Å². The first-order chi connectivity index (χ1) is 3.50. The van der Waals surface area contributed by atoms with Gasteiger partial charge in [-0.2, -0.15) is 0 Å². The molecule has 0 aliphatic heterocycles. The standard InChI is InChI=1S/C4H10N2O2/c1-4(2,8-6)3(5)7/h6H2,1-2H3,(H2,5,7). The van der Waals surface area contributed by atoms with Crippen LogP contribution in [0.2, 0.25) is 0 Å². The van der Waals surface area contributed by atoms with Gasteiger partial charge in [0, 0.05) is 0 Å². The summed E-state index contributed by atoms with van der Waals surface area (Å²) in [7, 11) is 0. The first-order valence-electron chi connectivity index (χ1n) is 2.18. The van der Waals surface area contributed by atoms with Crippen LogP contribution in [0, 0.1) is 0 Å². The molecule has 0 aromatic rings. The van der Waals surface area contributed by atoms with Crippen LogP contribution in [0.4, 0.5) is 0 Å². The molecule has 0 heterocycles. The van der Waals surface area contributed by atoms with Crippen LogP contribution in [0.25, 0.3) is 0 Å². The van der Waals surface area contributed by atoms with E-state index in [9.17, 15) is 4.79 Å². The van der Waals surface area contributed by atoms with Crippen molar-refractivity contribution in [2.75, 3.05) is 0 Å². The lowest BCUT2D eigenvalue weighted by atomic mass is 10.1. The second-order valence-corrected chi connectivity index (χ2v) is 1.99. The molecule has 0 aromatic carbocycles. The molecule has 0 fully saturated rings. The third-order valence-electron chi connectivity index (χ3n) is 0.888. The van der Waals surface area contributed by atoms with Crippen LogP contribution in [0.15, 0.2) is 0 Å². The summed E-state index contributed by atoms with van der Waals surface area (Å²) in [4.78, 5) is 14.5. The molecule has 0 aliphatic carbocycles. The Morgan fingerprint density at radius 1 is 1.62 bits per heavy atom. The molecule has 0 spiro atoms.